The molecule has 7 heteroatoms. The van der Waals surface area contributed by atoms with Gasteiger partial charge in [-0.05, 0) is 57.2 Å². The van der Waals surface area contributed by atoms with E-state index in [9.17, 15) is 9.18 Å². The molecule has 0 unspecified atom stereocenters. The Morgan fingerprint density at radius 2 is 2.22 bits per heavy atom. The largest absolute Gasteiger partial charge is 0.468 e. The van der Waals surface area contributed by atoms with E-state index in [-0.39, 0.29) is 10.9 Å². The first-order valence-electron chi connectivity index (χ1n) is 9.01. The highest BCUT2D eigenvalue weighted by atomic mass is 35.5. The Kier molecular flexibility index (Phi) is 5.56. The van der Waals surface area contributed by atoms with Crippen molar-refractivity contribution in [1.82, 2.24) is 5.32 Å². The molecule has 1 aromatic rings. The number of carbonyl (C=O) groups excluding carboxylic acids is 1. The lowest BCUT2D eigenvalue weighted by molar-refractivity contribution is -0.117. The summed E-state index contributed by atoms with van der Waals surface area (Å²) in [7, 11) is 0. The van der Waals surface area contributed by atoms with Gasteiger partial charge in [0.25, 0.3) is 5.91 Å². The lowest BCUT2D eigenvalue weighted by atomic mass is 9.87. The first-order chi connectivity index (χ1) is 12.9. The van der Waals surface area contributed by atoms with Crippen molar-refractivity contribution in [3.63, 3.8) is 0 Å². The van der Waals surface area contributed by atoms with Gasteiger partial charge in [-0.15, -0.1) is 0 Å². The molecule has 1 heterocycles. The first kappa shape index (κ1) is 19.4. The molecule has 0 saturated heterocycles. The van der Waals surface area contributed by atoms with E-state index in [0.717, 1.165) is 19.1 Å². The summed E-state index contributed by atoms with van der Waals surface area (Å²) in [6.45, 7) is 3.96. The van der Waals surface area contributed by atoms with Crippen molar-refractivity contribution in [1.29, 1.82) is 5.41 Å². The minimum atomic E-state index is -0.879. The topological polar surface area (TPSA) is 74.2 Å². The molecule has 1 fully saturated rings. The molecule has 3 rings (SSSR count). The number of halogens is 2. The average Bonchev–Trinajstić information content (AvgIpc) is 3.48. The van der Waals surface area contributed by atoms with Gasteiger partial charge in [0.1, 0.15) is 5.60 Å². The van der Waals surface area contributed by atoms with Crippen molar-refractivity contribution in [2.24, 2.45) is 0 Å². The van der Waals surface area contributed by atoms with E-state index in [1.54, 1.807) is 25.1 Å². The minimum absolute atomic E-state index is 0.0601. The van der Waals surface area contributed by atoms with E-state index in [1.165, 1.54) is 5.57 Å². The first-order valence-corrected chi connectivity index (χ1v) is 9.39. The molecule has 1 aliphatic carbocycles. The second-order valence-corrected chi connectivity index (χ2v) is 7.33. The van der Waals surface area contributed by atoms with Crippen LogP contribution in [-0.2, 0) is 15.1 Å². The van der Waals surface area contributed by atoms with Gasteiger partial charge in [-0.3, -0.25) is 4.79 Å². The molecule has 1 aromatic carbocycles. The van der Waals surface area contributed by atoms with Gasteiger partial charge >= 0.3 is 0 Å². The molecule has 1 atom stereocenters. The second kappa shape index (κ2) is 7.72. The van der Waals surface area contributed by atoms with Crippen LogP contribution in [0.25, 0.3) is 0 Å². The quantitative estimate of drug-likeness (QED) is 0.376. The maximum absolute atomic E-state index is 14.8. The van der Waals surface area contributed by atoms with Crippen LogP contribution in [0.2, 0.25) is 5.02 Å². The van der Waals surface area contributed by atoms with E-state index in [1.807, 2.05) is 6.92 Å². The highest BCUT2D eigenvalue weighted by molar-refractivity contribution is 6.30. The maximum Gasteiger partial charge on any atom is 0.252 e. The molecule has 5 nitrogen and oxygen atoms in total. The predicted molar refractivity (Wildman–Crippen MR) is 105 cm³/mol. The molecule has 144 valence electrons. The molecule has 0 radical (unpaired) electrons. The summed E-state index contributed by atoms with van der Waals surface area (Å²) in [5.41, 5.74) is 1.71. The molecule has 1 aliphatic heterocycles. The Balaban J connectivity index is 1.75. The lowest BCUT2D eigenvalue weighted by Gasteiger charge is -2.39. The number of rotatable bonds is 6. The van der Waals surface area contributed by atoms with Crippen LogP contribution in [0, 0.1) is 11.2 Å². The van der Waals surface area contributed by atoms with Gasteiger partial charge in [-0.25, -0.2) is 4.39 Å². The van der Waals surface area contributed by atoms with E-state index in [0.29, 0.717) is 42.1 Å². The van der Waals surface area contributed by atoms with Gasteiger partial charge in [0.15, 0.2) is 11.7 Å². The van der Waals surface area contributed by atoms with Gasteiger partial charge < -0.3 is 20.8 Å². The molecule has 3 N–H and O–H groups in total. The third kappa shape index (κ3) is 4.00. The number of allylic oxidation sites excluding steroid dienone is 2. The second-order valence-electron chi connectivity index (χ2n) is 6.92. The fourth-order valence-corrected chi connectivity index (χ4v) is 3.39. The standard InChI is InChI=1S/C20H23ClFN3O2/c1-3-12(11-23)18(26)24-10-4-9-20(2)16-15(8-7-14(21)17(16)22)25-19(27-20)13-5-6-13/h3,7-8,11,23,25H,4-6,9-10H2,1-2H3,(H,24,26)/b12-3+,23-11?/t20-/m1/s1. The monoisotopic (exact) mass is 391 g/mol. The summed E-state index contributed by atoms with van der Waals surface area (Å²) in [6, 6.07) is 3.31. The van der Waals surface area contributed by atoms with Crippen molar-refractivity contribution in [3.8, 4) is 0 Å². The van der Waals surface area contributed by atoms with Crippen LogP contribution in [0.1, 0.15) is 45.1 Å². The highest BCUT2D eigenvalue weighted by Gasteiger charge is 2.41. The molecular weight excluding hydrogens is 369 g/mol. The smallest absolute Gasteiger partial charge is 0.252 e. The molecule has 0 aromatic heterocycles. The zero-order valence-electron chi connectivity index (χ0n) is 15.4. The fraction of sp³-hybridized carbons (Fsp3) is 0.400. The van der Waals surface area contributed by atoms with Gasteiger partial charge in [-0.2, -0.15) is 0 Å². The predicted octanol–water partition coefficient (Wildman–Crippen LogP) is 4.63. The molecule has 1 saturated carbocycles. The average molecular weight is 392 g/mol. The zero-order valence-corrected chi connectivity index (χ0v) is 16.2. The summed E-state index contributed by atoms with van der Waals surface area (Å²) in [5, 5.41) is 13.2. The Bertz CT molecular complexity index is 844. The van der Waals surface area contributed by atoms with E-state index in [4.69, 9.17) is 21.7 Å². The molecular formula is C20H23ClFN3O2. The van der Waals surface area contributed by atoms with Gasteiger partial charge in [0.2, 0.25) is 0 Å². The lowest BCUT2D eigenvalue weighted by Crippen LogP contribution is -2.35. The number of ether oxygens (including phenoxy) is 1. The number of benzene rings is 1. The Hall–Kier alpha value is -2.34. The van der Waals surface area contributed by atoms with E-state index >= 15 is 0 Å². The van der Waals surface area contributed by atoms with Crippen molar-refractivity contribution in [2.75, 3.05) is 11.9 Å². The molecule has 2 aliphatic rings. The van der Waals surface area contributed by atoms with Crippen LogP contribution < -0.4 is 10.6 Å². The number of nitrogens with one attached hydrogen (secondary N) is 3. The van der Waals surface area contributed by atoms with Crippen molar-refractivity contribution in [3.05, 3.63) is 51.6 Å². The van der Waals surface area contributed by atoms with Gasteiger partial charge in [0.05, 0.1) is 21.8 Å². The van der Waals surface area contributed by atoms with Gasteiger partial charge in [0, 0.05) is 12.8 Å². The maximum atomic E-state index is 14.8. The fourth-order valence-electron chi connectivity index (χ4n) is 3.23. The number of hydrogen-bond donors (Lipinski definition) is 3. The van der Waals surface area contributed by atoms with Crippen molar-refractivity contribution >= 4 is 29.4 Å². The van der Waals surface area contributed by atoms with Crippen LogP contribution in [0.5, 0.6) is 0 Å². The third-order valence-electron chi connectivity index (χ3n) is 4.87. The number of fused-ring (bicyclic) bond motifs is 1. The van der Waals surface area contributed by atoms with Crippen LogP contribution in [-0.4, -0.2) is 18.7 Å². The number of amides is 1. The minimum Gasteiger partial charge on any atom is -0.468 e. The summed E-state index contributed by atoms with van der Waals surface area (Å²) < 4.78 is 21.0. The van der Waals surface area contributed by atoms with Crippen molar-refractivity contribution < 1.29 is 13.9 Å². The molecule has 0 bridgehead atoms. The van der Waals surface area contributed by atoms with Crippen LogP contribution >= 0.6 is 11.6 Å². The normalized spacial score (nSPS) is 21.1. The van der Waals surface area contributed by atoms with E-state index in [2.05, 4.69) is 10.6 Å². The highest BCUT2D eigenvalue weighted by Crippen LogP contribution is 2.47. The SMILES string of the molecule is C/C=C(\C=N)C(=O)NCCC[C@@]1(C)OC(=C2CC2)Nc2ccc(Cl)c(F)c21. The van der Waals surface area contributed by atoms with Gasteiger partial charge in [-0.1, -0.05) is 17.7 Å². The number of anilines is 1. The van der Waals surface area contributed by atoms with Crippen molar-refractivity contribution in [2.45, 2.75) is 45.1 Å². The van der Waals surface area contributed by atoms with E-state index < -0.39 is 11.4 Å². The summed E-state index contributed by atoms with van der Waals surface area (Å²) in [5.74, 6) is -0.0666. The molecule has 1 amide bonds. The number of hydrogen-bond acceptors (Lipinski definition) is 4. The van der Waals surface area contributed by atoms with Crippen LogP contribution in [0.4, 0.5) is 10.1 Å². The Morgan fingerprint density at radius 1 is 1.48 bits per heavy atom. The summed E-state index contributed by atoms with van der Waals surface area (Å²) >= 11 is 6.00. The number of carbonyl (C=O) groups is 1. The summed E-state index contributed by atoms with van der Waals surface area (Å²) in [6.07, 6.45) is 5.66. The van der Waals surface area contributed by atoms with Crippen LogP contribution in [0.3, 0.4) is 0 Å². The molecule has 0 spiro atoms. The Labute approximate surface area is 163 Å². The summed E-state index contributed by atoms with van der Waals surface area (Å²) in [4.78, 5) is 11.9. The third-order valence-corrected chi connectivity index (χ3v) is 5.16. The Morgan fingerprint density at radius 3 is 2.85 bits per heavy atom. The zero-order chi connectivity index (χ0) is 19.6. The van der Waals surface area contributed by atoms with Crippen LogP contribution in [0.15, 0.2) is 35.2 Å². The molecule has 27 heavy (non-hydrogen) atoms.